The van der Waals surface area contributed by atoms with Crippen LogP contribution in [0.2, 0.25) is 0 Å². The van der Waals surface area contributed by atoms with E-state index in [1.165, 1.54) is 0 Å². The molecule has 1 saturated carbocycles. The molecule has 1 aliphatic rings. The van der Waals surface area contributed by atoms with Gasteiger partial charge in [-0.1, -0.05) is 19.9 Å². The van der Waals surface area contributed by atoms with Crippen molar-refractivity contribution < 1.29 is 23.1 Å². The predicted molar refractivity (Wildman–Crippen MR) is 43.6 cm³/mol. The maximum atomic E-state index is 11.8. The van der Waals surface area contributed by atoms with E-state index in [2.05, 4.69) is 0 Å². The first kappa shape index (κ1) is 11.1. The van der Waals surface area contributed by atoms with Crippen molar-refractivity contribution in [2.45, 2.75) is 20.0 Å². The fraction of sp³-hybridized carbons (Fsp3) is 0.667. The Morgan fingerprint density at radius 1 is 1.43 bits per heavy atom. The molecule has 0 amide bonds. The van der Waals surface area contributed by atoms with Crippen molar-refractivity contribution in [2.75, 3.05) is 0 Å². The molecule has 0 radical (unpaired) electrons. The van der Waals surface area contributed by atoms with Gasteiger partial charge in [0.2, 0.25) is 0 Å². The zero-order valence-corrected chi connectivity index (χ0v) is 7.80. The molecule has 0 spiro atoms. The van der Waals surface area contributed by atoms with E-state index in [9.17, 15) is 18.0 Å². The van der Waals surface area contributed by atoms with Gasteiger partial charge in [-0.05, 0) is 11.3 Å². The molecule has 1 aliphatic carbocycles. The van der Waals surface area contributed by atoms with Crippen LogP contribution < -0.4 is 0 Å². The number of allylic oxidation sites excluding steroid dienone is 2. The lowest BCUT2D eigenvalue weighted by Gasteiger charge is -1.98. The van der Waals surface area contributed by atoms with Gasteiger partial charge in [0.25, 0.3) is 0 Å². The zero-order chi connectivity index (χ0) is 11.1. The molecule has 0 bridgehead atoms. The summed E-state index contributed by atoms with van der Waals surface area (Å²) in [5.74, 6) is -2.24. The second-order valence-electron chi connectivity index (χ2n) is 4.06. The Kier molecular flexibility index (Phi) is 2.37. The lowest BCUT2D eigenvalue weighted by Crippen LogP contribution is -2.03. The van der Waals surface area contributed by atoms with Gasteiger partial charge in [-0.3, -0.25) is 4.79 Å². The first-order valence-corrected chi connectivity index (χ1v) is 4.15. The molecule has 0 saturated heterocycles. The smallest absolute Gasteiger partial charge is 0.409 e. The molecular weight excluding hydrogens is 197 g/mol. The predicted octanol–water partition coefficient (Wildman–Crippen LogP) is 2.46. The molecule has 1 fully saturated rings. The average Bonchev–Trinajstić information content (AvgIpc) is 2.47. The van der Waals surface area contributed by atoms with Gasteiger partial charge in [-0.25, -0.2) is 0 Å². The normalized spacial score (nSPS) is 30.6. The highest BCUT2D eigenvalue weighted by atomic mass is 19.4. The average molecular weight is 208 g/mol. The van der Waals surface area contributed by atoms with Gasteiger partial charge in [-0.2, -0.15) is 13.2 Å². The summed E-state index contributed by atoms with van der Waals surface area (Å²) < 4.78 is 35.4. The van der Waals surface area contributed by atoms with E-state index in [0.717, 1.165) is 6.08 Å². The van der Waals surface area contributed by atoms with E-state index in [-0.39, 0.29) is 6.08 Å². The highest BCUT2D eigenvalue weighted by molar-refractivity contribution is 5.76. The van der Waals surface area contributed by atoms with Crippen LogP contribution in [0.25, 0.3) is 0 Å². The summed E-state index contributed by atoms with van der Waals surface area (Å²) in [6.45, 7) is 3.30. The van der Waals surface area contributed by atoms with E-state index in [1.54, 1.807) is 13.8 Å². The second-order valence-corrected chi connectivity index (χ2v) is 4.06. The molecule has 2 nitrogen and oxygen atoms in total. The lowest BCUT2D eigenvalue weighted by atomic mass is 10.1. The van der Waals surface area contributed by atoms with Crippen molar-refractivity contribution >= 4 is 5.97 Å². The third-order valence-electron chi connectivity index (χ3n) is 2.67. The Bertz CT molecular complexity index is 278. The summed E-state index contributed by atoms with van der Waals surface area (Å²) in [6.07, 6.45) is -3.30. The lowest BCUT2D eigenvalue weighted by molar-refractivity contribution is -0.139. The van der Waals surface area contributed by atoms with Crippen LogP contribution in [0.1, 0.15) is 13.8 Å². The minimum Gasteiger partial charge on any atom is -0.481 e. The van der Waals surface area contributed by atoms with Crippen molar-refractivity contribution in [3.05, 3.63) is 12.2 Å². The van der Waals surface area contributed by atoms with Crippen molar-refractivity contribution in [3.63, 3.8) is 0 Å². The van der Waals surface area contributed by atoms with Crippen LogP contribution in [0.5, 0.6) is 0 Å². The number of alkyl halides is 3. The number of halogens is 3. The Morgan fingerprint density at radius 2 is 1.93 bits per heavy atom. The number of carbonyl (C=O) groups is 1. The number of hydrogen-bond donors (Lipinski definition) is 1. The Hall–Kier alpha value is -1.00. The van der Waals surface area contributed by atoms with E-state index < -0.39 is 29.4 Å². The van der Waals surface area contributed by atoms with Crippen LogP contribution in [-0.2, 0) is 4.79 Å². The molecule has 0 unspecified atom stereocenters. The van der Waals surface area contributed by atoms with Crippen LogP contribution in [0.3, 0.4) is 0 Å². The number of carboxylic acids is 1. The molecular formula is C9H11F3O2. The standard InChI is InChI=1S/C9H11F3O2/c1-8(2)5(6(8)7(13)14)3-4-9(10,11)12/h3-6H,1-2H3,(H,13,14)/b4-3+/t5-,6+/m0/s1. The molecule has 1 N–H and O–H groups in total. The van der Waals surface area contributed by atoms with E-state index in [1.807, 2.05) is 0 Å². The van der Waals surface area contributed by atoms with Crippen LogP contribution in [0.15, 0.2) is 12.2 Å². The fourth-order valence-corrected chi connectivity index (χ4v) is 1.72. The molecule has 0 aliphatic heterocycles. The first-order chi connectivity index (χ1) is 6.16. The summed E-state index contributed by atoms with van der Waals surface area (Å²) in [7, 11) is 0. The molecule has 1 rings (SSSR count). The summed E-state index contributed by atoms with van der Waals surface area (Å²) in [5.41, 5.74) is -0.562. The van der Waals surface area contributed by atoms with Crippen LogP contribution in [0, 0.1) is 17.3 Å². The molecule has 80 valence electrons. The van der Waals surface area contributed by atoms with Crippen LogP contribution in [-0.4, -0.2) is 17.3 Å². The number of hydrogen-bond acceptors (Lipinski definition) is 1. The van der Waals surface area contributed by atoms with Gasteiger partial charge in [0.15, 0.2) is 0 Å². The Morgan fingerprint density at radius 3 is 2.21 bits per heavy atom. The molecule has 0 aromatic carbocycles. The number of carboxylic acid groups (broad SMARTS) is 1. The van der Waals surface area contributed by atoms with Crippen molar-refractivity contribution in [1.29, 1.82) is 0 Å². The van der Waals surface area contributed by atoms with E-state index in [4.69, 9.17) is 5.11 Å². The maximum absolute atomic E-state index is 11.8. The van der Waals surface area contributed by atoms with Gasteiger partial charge in [0, 0.05) is 6.08 Å². The van der Waals surface area contributed by atoms with Crippen molar-refractivity contribution in [2.24, 2.45) is 17.3 Å². The minimum absolute atomic E-state index is 0.113. The monoisotopic (exact) mass is 208 g/mol. The Labute approximate surface area is 79.4 Å². The molecule has 0 heterocycles. The maximum Gasteiger partial charge on any atom is 0.409 e. The first-order valence-electron chi connectivity index (χ1n) is 4.15. The highest BCUT2D eigenvalue weighted by Gasteiger charge is 2.60. The SMILES string of the molecule is CC1(C)[C@@H](/C=C/C(F)(F)F)[C@@H]1C(=O)O. The summed E-state index contributed by atoms with van der Waals surface area (Å²) in [6, 6.07) is 0. The fourth-order valence-electron chi connectivity index (χ4n) is 1.72. The van der Waals surface area contributed by atoms with Crippen LogP contribution >= 0.6 is 0 Å². The molecule has 5 heteroatoms. The van der Waals surface area contributed by atoms with Gasteiger partial charge in [0.1, 0.15) is 0 Å². The quantitative estimate of drug-likeness (QED) is 0.708. The number of aliphatic carboxylic acids is 1. The summed E-state index contributed by atoms with van der Waals surface area (Å²) >= 11 is 0. The highest BCUT2D eigenvalue weighted by Crippen LogP contribution is 2.59. The van der Waals surface area contributed by atoms with Crippen LogP contribution in [0.4, 0.5) is 13.2 Å². The number of rotatable bonds is 2. The minimum atomic E-state index is -4.36. The molecule has 0 aromatic rings. The molecule has 14 heavy (non-hydrogen) atoms. The van der Waals surface area contributed by atoms with Crippen molar-refractivity contribution in [3.8, 4) is 0 Å². The largest absolute Gasteiger partial charge is 0.481 e. The third-order valence-corrected chi connectivity index (χ3v) is 2.67. The molecule has 2 atom stereocenters. The topological polar surface area (TPSA) is 37.3 Å². The third kappa shape index (κ3) is 2.08. The van der Waals surface area contributed by atoms with Gasteiger partial charge < -0.3 is 5.11 Å². The second kappa shape index (κ2) is 3.00. The van der Waals surface area contributed by atoms with Crippen molar-refractivity contribution in [1.82, 2.24) is 0 Å². The van der Waals surface area contributed by atoms with Gasteiger partial charge in [-0.15, -0.1) is 0 Å². The zero-order valence-electron chi connectivity index (χ0n) is 7.80. The summed E-state index contributed by atoms with van der Waals surface area (Å²) in [4.78, 5) is 10.6. The summed E-state index contributed by atoms with van der Waals surface area (Å²) in [5, 5.41) is 8.67. The van der Waals surface area contributed by atoms with Gasteiger partial charge in [0.05, 0.1) is 5.92 Å². The van der Waals surface area contributed by atoms with E-state index in [0.29, 0.717) is 0 Å². The van der Waals surface area contributed by atoms with Gasteiger partial charge >= 0.3 is 12.1 Å². The Balaban J connectivity index is 2.67. The van der Waals surface area contributed by atoms with E-state index >= 15 is 0 Å². The molecule has 0 aromatic heterocycles.